The third kappa shape index (κ3) is 4.28. The van der Waals surface area contributed by atoms with Gasteiger partial charge >= 0.3 is 0 Å². The SMILES string of the molecule is CCc1cnc(CCNC(=NC)NC2CC3CCCC(C2)N3C)s1. The molecule has 2 aliphatic heterocycles. The molecule has 3 heterocycles. The lowest BCUT2D eigenvalue weighted by molar-refractivity contribution is 0.0526. The average Bonchev–Trinajstić information content (AvgIpc) is 3.02. The predicted octanol–water partition coefficient (Wildman–Crippen LogP) is 2.43. The van der Waals surface area contributed by atoms with Crippen molar-refractivity contribution in [1.82, 2.24) is 20.5 Å². The third-order valence-corrected chi connectivity index (χ3v) is 6.69. The van der Waals surface area contributed by atoms with Crippen LogP contribution < -0.4 is 10.6 Å². The zero-order valence-corrected chi connectivity index (χ0v) is 16.0. The average molecular weight is 350 g/mol. The molecule has 0 aromatic carbocycles. The molecule has 2 unspecified atom stereocenters. The number of piperidine rings is 2. The standard InChI is InChI=1S/C18H31N5S/c1-4-16-12-21-17(24-16)8-9-20-18(19-2)22-13-10-14-6-5-7-15(11-13)23(14)3/h12-15H,4-11H2,1-3H3,(H2,19,20,22). The normalized spacial score (nSPS) is 28.0. The molecule has 2 atom stereocenters. The lowest BCUT2D eigenvalue weighted by Gasteiger charge is -2.47. The van der Waals surface area contributed by atoms with E-state index in [1.807, 2.05) is 24.6 Å². The summed E-state index contributed by atoms with van der Waals surface area (Å²) in [6.45, 7) is 3.06. The molecule has 1 aromatic heterocycles. The highest BCUT2D eigenvalue weighted by Crippen LogP contribution is 2.32. The van der Waals surface area contributed by atoms with E-state index in [-0.39, 0.29) is 0 Å². The number of rotatable bonds is 5. The highest BCUT2D eigenvalue weighted by molar-refractivity contribution is 7.11. The topological polar surface area (TPSA) is 52.6 Å². The molecule has 2 bridgehead atoms. The van der Waals surface area contributed by atoms with Crippen LogP contribution in [0.1, 0.15) is 48.9 Å². The van der Waals surface area contributed by atoms with E-state index in [4.69, 9.17) is 0 Å². The Kier molecular flexibility index (Phi) is 6.11. The summed E-state index contributed by atoms with van der Waals surface area (Å²) >= 11 is 1.82. The van der Waals surface area contributed by atoms with E-state index in [2.05, 4.69) is 39.5 Å². The number of fused-ring (bicyclic) bond motifs is 2. The highest BCUT2D eigenvalue weighted by atomic mass is 32.1. The first-order valence-electron chi connectivity index (χ1n) is 9.32. The molecular weight excluding hydrogens is 318 g/mol. The number of aromatic nitrogens is 1. The predicted molar refractivity (Wildman–Crippen MR) is 102 cm³/mol. The smallest absolute Gasteiger partial charge is 0.191 e. The molecule has 0 saturated carbocycles. The maximum Gasteiger partial charge on any atom is 0.191 e. The molecule has 0 amide bonds. The minimum Gasteiger partial charge on any atom is -0.356 e. The number of hydrogen-bond donors (Lipinski definition) is 2. The van der Waals surface area contributed by atoms with Crippen LogP contribution in [0.25, 0.3) is 0 Å². The Morgan fingerprint density at radius 2 is 2.12 bits per heavy atom. The fourth-order valence-electron chi connectivity index (χ4n) is 4.04. The molecule has 1 aromatic rings. The van der Waals surface area contributed by atoms with Gasteiger partial charge in [0.05, 0.1) is 5.01 Å². The lowest BCUT2D eigenvalue weighted by atomic mass is 9.82. The number of aliphatic imine (C=N–C) groups is 1. The molecule has 0 spiro atoms. The minimum absolute atomic E-state index is 0.550. The summed E-state index contributed by atoms with van der Waals surface area (Å²) in [5.74, 6) is 0.940. The van der Waals surface area contributed by atoms with Crippen LogP contribution in [0.3, 0.4) is 0 Å². The van der Waals surface area contributed by atoms with Gasteiger partial charge in [0.25, 0.3) is 0 Å². The van der Waals surface area contributed by atoms with Crippen molar-refractivity contribution in [3.63, 3.8) is 0 Å². The number of aryl methyl sites for hydroxylation is 1. The molecule has 2 aliphatic rings. The van der Waals surface area contributed by atoms with E-state index in [1.54, 1.807) is 0 Å². The summed E-state index contributed by atoms with van der Waals surface area (Å²) in [6, 6.07) is 2.04. The summed E-state index contributed by atoms with van der Waals surface area (Å²) in [6.07, 6.45) is 10.6. The van der Waals surface area contributed by atoms with Crippen molar-refractivity contribution in [3.8, 4) is 0 Å². The summed E-state index contributed by atoms with van der Waals surface area (Å²) in [4.78, 5) is 12.9. The van der Waals surface area contributed by atoms with Gasteiger partial charge in [-0.2, -0.15) is 0 Å². The second-order valence-electron chi connectivity index (χ2n) is 7.04. The van der Waals surface area contributed by atoms with Crippen LogP contribution >= 0.6 is 11.3 Å². The van der Waals surface area contributed by atoms with Gasteiger partial charge in [0.15, 0.2) is 5.96 Å². The van der Waals surface area contributed by atoms with E-state index in [9.17, 15) is 0 Å². The number of thiazole rings is 1. The van der Waals surface area contributed by atoms with Crippen molar-refractivity contribution in [2.24, 2.45) is 4.99 Å². The van der Waals surface area contributed by atoms with Gasteiger partial charge in [-0.1, -0.05) is 13.3 Å². The van der Waals surface area contributed by atoms with Crippen molar-refractivity contribution in [3.05, 3.63) is 16.1 Å². The number of nitrogens with one attached hydrogen (secondary N) is 2. The van der Waals surface area contributed by atoms with Crippen LogP contribution in [0.15, 0.2) is 11.2 Å². The van der Waals surface area contributed by atoms with Crippen molar-refractivity contribution in [2.45, 2.75) is 70.0 Å². The Bertz CT molecular complexity index is 541. The molecule has 0 aliphatic carbocycles. The molecule has 24 heavy (non-hydrogen) atoms. The lowest BCUT2D eigenvalue weighted by Crippen LogP contribution is -2.56. The van der Waals surface area contributed by atoms with E-state index in [0.717, 1.165) is 37.4 Å². The van der Waals surface area contributed by atoms with E-state index in [1.165, 1.54) is 42.0 Å². The molecule has 2 saturated heterocycles. The van der Waals surface area contributed by atoms with Crippen LogP contribution in [0.2, 0.25) is 0 Å². The molecule has 5 nitrogen and oxygen atoms in total. The van der Waals surface area contributed by atoms with Gasteiger partial charge in [0.1, 0.15) is 0 Å². The first kappa shape index (κ1) is 17.7. The first-order chi connectivity index (χ1) is 11.7. The Labute approximate surface area is 150 Å². The fraction of sp³-hybridized carbons (Fsp3) is 0.778. The molecule has 2 N–H and O–H groups in total. The van der Waals surface area contributed by atoms with Gasteiger partial charge in [-0.25, -0.2) is 4.98 Å². The van der Waals surface area contributed by atoms with Crippen molar-refractivity contribution in [1.29, 1.82) is 0 Å². The number of guanidine groups is 1. The summed E-state index contributed by atoms with van der Waals surface area (Å²) in [5.41, 5.74) is 0. The van der Waals surface area contributed by atoms with Gasteiger partial charge in [-0.15, -0.1) is 11.3 Å². The summed E-state index contributed by atoms with van der Waals surface area (Å²) < 4.78 is 0. The molecule has 0 radical (unpaired) electrons. The van der Waals surface area contributed by atoms with Gasteiger partial charge in [-0.05, 0) is 39.2 Å². The summed E-state index contributed by atoms with van der Waals surface area (Å²) in [7, 11) is 4.17. The molecular formula is C18H31N5S. The van der Waals surface area contributed by atoms with E-state index >= 15 is 0 Å². The Balaban J connectivity index is 1.45. The zero-order valence-electron chi connectivity index (χ0n) is 15.2. The molecule has 3 rings (SSSR count). The van der Waals surface area contributed by atoms with Crippen LogP contribution in [-0.2, 0) is 12.8 Å². The molecule has 6 heteroatoms. The number of nitrogens with zero attached hydrogens (tertiary/aromatic N) is 3. The van der Waals surface area contributed by atoms with E-state index in [0.29, 0.717) is 6.04 Å². The van der Waals surface area contributed by atoms with E-state index < -0.39 is 0 Å². The second-order valence-corrected chi connectivity index (χ2v) is 8.24. The van der Waals surface area contributed by atoms with Gasteiger partial charge in [0.2, 0.25) is 0 Å². The Hall–Kier alpha value is -1.14. The zero-order chi connectivity index (χ0) is 16.9. The minimum atomic E-state index is 0.550. The third-order valence-electron chi connectivity index (χ3n) is 5.49. The largest absolute Gasteiger partial charge is 0.356 e. The van der Waals surface area contributed by atoms with Gasteiger partial charge in [0, 0.05) is 49.2 Å². The van der Waals surface area contributed by atoms with Crippen LogP contribution in [0.5, 0.6) is 0 Å². The molecule has 134 valence electrons. The number of hydrogen-bond acceptors (Lipinski definition) is 4. The maximum absolute atomic E-state index is 4.48. The van der Waals surface area contributed by atoms with Gasteiger partial charge in [-0.3, -0.25) is 4.99 Å². The maximum atomic E-state index is 4.48. The van der Waals surface area contributed by atoms with Gasteiger partial charge < -0.3 is 15.5 Å². The fourth-order valence-corrected chi connectivity index (χ4v) is 4.90. The van der Waals surface area contributed by atoms with Crippen LogP contribution in [0, 0.1) is 0 Å². The van der Waals surface area contributed by atoms with Crippen molar-refractivity contribution in [2.75, 3.05) is 20.6 Å². The first-order valence-corrected chi connectivity index (χ1v) is 10.1. The van der Waals surface area contributed by atoms with Crippen LogP contribution in [-0.4, -0.2) is 54.6 Å². The Morgan fingerprint density at radius 1 is 1.38 bits per heavy atom. The van der Waals surface area contributed by atoms with Crippen molar-refractivity contribution < 1.29 is 0 Å². The summed E-state index contributed by atoms with van der Waals surface area (Å²) in [5, 5.41) is 8.33. The second kappa shape index (κ2) is 8.30. The monoisotopic (exact) mass is 349 g/mol. The Morgan fingerprint density at radius 3 is 2.75 bits per heavy atom. The molecule has 2 fully saturated rings. The van der Waals surface area contributed by atoms with Crippen LogP contribution in [0.4, 0.5) is 0 Å². The van der Waals surface area contributed by atoms with Crippen molar-refractivity contribution >= 4 is 17.3 Å². The quantitative estimate of drug-likeness (QED) is 0.633. The highest BCUT2D eigenvalue weighted by Gasteiger charge is 2.36.